The van der Waals surface area contributed by atoms with Crippen LogP contribution in [0.15, 0.2) is 30.5 Å². The molecule has 0 saturated carbocycles. The molecular weight excluding hydrogens is 216 g/mol. The van der Waals surface area contributed by atoms with Gasteiger partial charge in [-0.05, 0) is 30.2 Å². The second-order valence-electron chi connectivity index (χ2n) is 4.02. The van der Waals surface area contributed by atoms with E-state index >= 15 is 0 Å². The average Bonchev–Trinajstić information content (AvgIpc) is 2.68. The first-order chi connectivity index (χ1) is 8.13. The molecule has 1 unspecified atom stereocenters. The highest BCUT2D eigenvalue weighted by Gasteiger charge is 2.17. The molecule has 0 saturated heterocycles. The molecule has 17 heavy (non-hydrogen) atoms. The minimum absolute atomic E-state index is 0.683. The number of aromatic nitrogens is 2. The van der Waals surface area contributed by atoms with Gasteiger partial charge < -0.3 is 9.84 Å². The zero-order chi connectivity index (χ0) is 12.4. The highest BCUT2D eigenvalue weighted by Crippen LogP contribution is 2.26. The molecule has 0 fully saturated rings. The average molecular weight is 232 g/mol. The lowest BCUT2D eigenvalue weighted by molar-refractivity contribution is 0.208. The Morgan fingerprint density at radius 2 is 2.18 bits per heavy atom. The number of aliphatic hydroxyl groups excluding tert-OH is 1. The fourth-order valence-corrected chi connectivity index (χ4v) is 1.92. The van der Waals surface area contributed by atoms with Crippen molar-refractivity contribution in [1.29, 1.82) is 0 Å². The summed E-state index contributed by atoms with van der Waals surface area (Å²) >= 11 is 0. The number of ether oxygens (including phenoxy) is 1. The quantitative estimate of drug-likeness (QED) is 0.878. The van der Waals surface area contributed by atoms with E-state index in [-0.39, 0.29) is 0 Å². The summed E-state index contributed by atoms with van der Waals surface area (Å²) in [6.07, 6.45) is 1.07. The van der Waals surface area contributed by atoms with Crippen molar-refractivity contribution in [2.75, 3.05) is 7.11 Å². The van der Waals surface area contributed by atoms with Crippen LogP contribution >= 0.6 is 0 Å². The third-order valence-electron chi connectivity index (χ3n) is 2.85. The fraction of sp³-hybridized carbons (Fsp3) is 0.308. The van der Waals surface area contributed by atoms with Gasteiger partial charge in [0, 0.05) is 7.05 Å². The number of rotatable bonds is 3. The van der Waals surface area contributed by atoms with Crippen molar-refractivity contribution < 1.29 is 9.84 Å². The van der Waals surface area contributed by atoms with E-state index in [1.54, 1.807) is 18.0 Å². The van der Waals surface area contributed by atoms with Crippen molar-refractivity contribution >= 4 is 0 Å². The third kappa shape index (κ3) is 2.17. The van der Waals surface area contributed by atoms with Crippen LogP contribution in [0.4, 0.5) is 0 Å². The summed E-state index contributed by atoms with van der Waals surface area (Å²) in [6, 6.07) is 7.42. The fourth-order valence-electron chi connectivity index (χ4n) is 1.92. The van der Waals surface area contributed by atoms with Gasteiger partial charge in [0.25, 0.3) is 0 Å². The van der Waals surface area contributed by atoms with Gasteiger partial charge in [-0.3, -0.25) is 4.68 Å². The summed E-state index contributed by atoms with van der Waals surface area (Å²) in [5.74, 6) is 0.737. The molecule has 1 atom stereocenters. The van der Waals surface area contributed by atoms with Gasteiger partial charge in [-0.25, -0.2) is 0 Å². The standard InChI is InChI=1S/C13H16N2O2/c1-9-8-14-15(2)12(9)13(16)10-5-4-6-11(7-10)17-3/h4-8,13,16H,1-3H3. The van der Waals surface area contributed by atoms with Crippen LogP contribution in [0.2, 0.25) is 0 Å². The summed E-state index contributed by atoms with van der Waals surface area (Å²) in [6.45, 7) is 1.94. The maximum absolute atomic E-state index is 10.3. The summed E-state index contributed by atoms with van der Waals surface area (Å²) in [5.41, 5.74) is 2.58. The first-order valence-electron chi connectivity index (χ1n) is 5.44. The third-order valence-corrected chi connectivity index (χ3v) is 2.85. The summed E-state index contributed by atoms with van der Waals surface area (Å²) in [4.78, 5) is 0. The minimum atomic E-state index is -0.683. The Morgan fingerprint density at radius 3 is 2.76 bits per heavy atom. The summed E-state index contributed by atoms with van der Waals surface area (Å²) in [5, 5.41) is 14.5. The maximum Gasteiger partial charge on any atom is 0.121 e. The van der Waals surface area contributed by atoms with E-state index in [1.807, 2.05) is 38.2 Å². The highest BCUT2D eigenvalue weighted by atomic mass is 16.5. The Hall–Kier alpha value is -1.81. The van der Waals surface area contributed by atoms with Crippen LogP contribution in [0.25, 0.3) is 0 Å². The molecule has 0 aliphatic rings. The predicted molar refractivity (Wildman–Crippen MR) is 65.0 cm³/mol. The molecule has 2 aromatic rings. The van der Waals surface area contributed by atoms with Crippen molar-refractivity contribution in [3.05, 3.63) is 47.3 Å². The van der Waals surface area contributed by atoms with Gasteiger partial charge in [-0.15, -0.1) is 0 Å². The summed E-state index contributed by atoms with van der Waals surface area (Å²) in [7, 11) is 3.44. The van der Waals surface area contributed by atoms with Gasteiger partial charge in [0.1, 0.15) is 11.9 Å². The van der Waals surface area contributed by atoms with Gasteiger partial charge in [0.05, 0.1) is 19.0 Å². The van der Waals surface area contributed by atoms with E-state index in [0.717, 1.165) is 22.6 Å². The molecule has 4 nitrogen and oxygen atoms in total. The predicted octanol–water partition coefficient (Wildman–Crippen LogP) is 1.82. The minimum Gasteiger partial charge on any atom is -0.497 e. The van der Waals surface area contributed by atoms with Crippen LogP contribution < -0.4 is 4.74 Å². The maximum atomic E-state index is 10.3. The Balaban J connectivity index is 2.40. The first kappa shape index (κ1) is 11.7. The Labute approximate surface area is 100 Å². The zero-order valence-electron chi connectivity index (χ0n) is 10.2. The van der Waals surface area contributed by atoms with Gasteiger partial charge in [0.2, 0.25) is 0 Å². The molecule has 0 radical (unpaired) electrons. The topological polar surface area (TPSA) is 47.3 Å². The van der Waals surface area contributed by atoms with E-state index in [9.17, 15) is 5.11 Å². The highest BCUT2D eigenvalue weighted by molar-refractivity contribution is 5.35. The van der Waals surface area contributed by atoms with E-state index in [1.165, 1.54) is 0 Å². The van der Waals surface area contributed by atoms with Crippen molar-refractivity contribution in [2.24, 2.45) is 7.05 Å². The zero-order valence-corrected chi connectivity index (χ0v) is 10.2. The molecule has 0 bridgehead atoms. The Bertz CT molecular complexity index is 500. The van der Waals surface area contributed by atoms with Crippen molar-refractivity contribution in [3.8, 4) is 5.75 Å². The summed E-state index contributed by atoms with van der Waals surface area (Å²) < 4.78 is 6.84. The number of hydrogen-bond donors (Lipinski definition) is 1. The van der Waals surface area contributed by atoms with Crippen LogP contribution in [-0.2, 0) is 7.05 Å². The molecule has 1 N–H and O–H groups in total. The smallest absolute Gasteiger partial charge is 0.121 e. The van der Waals surface area contributed by atoms with E-state index in [2.05, 4.69) is 5.10 Å². The number of benzene rings is 1. The van der Waals surface area contributed by atoms with E-state index in [0.29, 0.717) is 0 Å². The second-order valence-corrected chi connectivity index (χ2v) is 4.02. The van der Waals surface area contributed by atoms with Crippen LogP contribution in [-0.4, -0.2) is 22.0 Å². The van der Waals surface area contributed by atoms with Crippen molar-refractivity contribution in [2.45, 2.75) is 13.0 Å². The van der Waals surface area contributed by atoms with Crippen molar-refractivity contribution in [1.82, 2.24) is 9.78 Å². The lowest BCUT2D eigenvalue weighted by Gasteiger charge is -2.13. The SMILES string of the molecule is COc1cccc(C(O)c2c(C)cnn2C)c1. The van der Waals surface area contributed by atoms with Gasteiger partial charge in [-0.2, -0.15) is 5.10 Å². The molecule has 2 rings (SSSR count). The normalized spacial score (nSPS) is 12.5. The number of aliphatic hydroxyl groups is 1. The van der Waals surface area contributed by atoms with Crippen LogP contribution in [0.3, 0.4) is 0 Å². The van der Waals surface area contributed by atoms with Gasteiger partial charge >= 0.3 is 0 Å². The molecule has 0 spiro atoms. The Kier molecular flexibility index (Phi) is 3.15. The van der Waals surface area contributed by atoms with Crippen LogP contribution in [0.1, 0.15) is 22.9 Å². The lowest BCUT2D eigenvalue weighted by Crippen LogP contribution is -2.08. The van der Waals surface area contributed by atoms with E-state index < -0.39 is 6.10 Å². The molecule has 1 aromatic heterocycles. The molecule has 0 aliphatic heterocycles. The molecule has 4 heteroatoms. The lowest BCUT2D eigenvalue weighted by atomic mass is 10.0. The van der Waals surface area contributed by atoms with Crippen LogP contribution in [0, 0.1) is 6.92 Å². The Morgan fingerprint density at radius 1 is 1.41 bits per heavy atom. The van der Waals surface area contributed by atoms with Crippen LogP contribution in [0.5, 0.6) is 5.75 Å². The molecular formula is C13H16N2O2. The number of hydrogen-bond acceptors (Lipinski definition) is 3. The first-order valence-corrected chi connectivity index (χ1v) is 5.44. The molecule has 1 aromatic carbocycles. The monoisotopic (exact) mass is 232 g/mol. The van der Waals surface area contributed by atoms with Gasteiger partial charge in [-0.1, -0.05) is 12.1 Å². The van der Waals surface area contributed by atoms with Crippen molar-refractivity contribution in [3.63, 3.8) is 0 Å². The second kappa shape index (κ2) is 4.59. The molecule has 0 amide bonds. The van der Waals surface area contributed by atoms with Gasteiger partial charge in [0.15, 0.2) is 0 Å². The molecule has 0 aliphatic carbocycles. The largest absolute Gasteiger partial charge is 0.497 e. The number of nitrogens with zero attached hydrogens (tertiary/aromatic N) is 2. The number of methoxy groups -OCH3 is 1. The number of aryl methyl sites for hydroxylation is 2. The molecule has 90 valence electrons. The van der Waals surface area contributed by atoms with E-state index in [4.69, 9.17) is 4.74 Å². The molecule has 1 heterocycles.